The third-order valence-corrected chi connectivity index (χ3v) is 32.0. The van der Waals surface area contributed by atoms with Crippen molar-refractivity contribution in [3.63, 3.8) is 0 Å². The summed E-state index contributed by atoms with van der Waals surface area (Å²) >= 11 is 0. The number of allylic oxidation sites excluding steroid dienone is 3. The summed E-state index contributed by atoms with van der Waals surface area (Å²) in [7, 11) is 3.75. The number of benzene rings is 3. The zero-order chi connectivity index (χ0) is 93.5. The van der Waals surface area contributed by atoms with E-state index in [0.29, 0.717) is 90.5 Å². The monoisotopic (exact) mass is 1840 g/mol. The molecule has 0 radical (unpaired) electrons. The lowest BCUT2D eigenvalue weighted by molar-refractivity contribution is -0.671. The molecule has 0 bridgehead atoms. The van der Waals surface area contributed by atoms with Gasteiger partial charge in [0.15, 0.2) is 12.4 Å². The van der Waals surface area contributed by atoms with Crippen LogP contribution in [0.25, 0.3) is 10.8 Å². The number of amides is 12. The second-order valence-corrected chi connectivity index (χ2v) is 42.0. The molecule has 3 saturated heterocycles. The van der Waals surface area contributed by atoms with E-state index in [2.05, 4.69) is 93.9 Å². The normalized spacial score (nSPS) is 29.2. The lowest BCUT2D eigenvalue weighted by Crippen LogP contribution is -2.62. The molecule has 4 aliphatic heterocycles. The third kappa shape index (κ3) is 24.2. The van der Waals surface area contributed by atoms with Gasteiger partial charge in [-0.2, -0.15) is 0 Å². The smallest absolute Gasteiger partial charge is 0.407 e. The lowest BCUT2D eigenvalue weighted by Gasteiger charge is -2.58. The fraction of sp³-hybridized carbons (Fsp3) is 0.590. The fourth-order valence-corrected chi connectivity index (χ4v) is 24.7. The van der Waals surface area contributed by atoms with Crippen LogP contribution in [0.5, 0.6) is 5.75 Å². The van der Waals surface area contributed by atoms with Gasteiger partial charge in [0.25, 0.3) is 5.91 Å². The molecule has 13 rings (SSSR count). The van der Waals surface area contributed by atoms with E-state index in [1.165, 1.54) is 74.5 Å². The molecule has 29 nitrogen and oxygen atoms in total. The predicted octanol–water partition coefficient (Wildman–Crippen LogP) is 9.28. The average molecular weight is 1850 g/mol. The number of primary amides is 1. The number of phenols is 1. The first-order valence-electron chi connectivity index (χ1n) is 47.6. The van der Waals surface area contributed by atoms with Crippen LogP contribution in [0.4, 0.5) is 4.79 Å². The molecule has 5 aliphatic carbocycles. The third-order valence-electron chi connectivity index (χ3n) is 29.6. The summed E-state index contributed by atoms with van der Waals surface area (Å²) in [5.74, 6) is -6.90. The van der Waals surface area contributed by atoms with Gasteiger partial charge in [0.1, 0.15) is 78.8 Å². The summed E-state index contributed by atoms with van der Waals surface area (Å²) in [6, 6.07) is 10.1. The number of aromatic nitrogens is 1. The Kier molecular flexibility index (Phi) is 33.4. The highest BCUT2D eigenvalue weighted by Gasteiger charge is 2.60. The first kappa shape index (κ1) is 98.2. The molecule has 3 saturated carbocycles. The number of hydrogen-bond acceptors (Lipinski definition) is 18. The van der Waals surface area contributed by atoms with Gasteiger partial charge in [0, 0.05) is 65.4 Å². The fourth-order valence-electron chi connectivity index (χ4n) is 22.3. The van der Waals surface area contributed by atoms with Crippen LogP contribution in [0.3, 0.4) is 0 Å². The van der Waals surface area contributed by atoms with Crippen LogP contribution in [0.15, 0.2) is 139 Å². The van der Waals surface area contributed by atoms with Crippen molar-refractivity contribution in [3.05, 3.63) is 156 Å². The van der Waals surface area contributed by atoms with Gasteiger partial charge >= 0.3 is 6.09 Å². The number of phenolic OH excluding ortho intramolecular Hbond substituents is 1. The van der Waals surface area contributed by atoms with Gasteiger partial charge in [-0.3, -0.25) is 52.7 Å². The van der Waals surface area contributed by atoms with E-state index < -0.39 is 132 Å². The Bertz CT molecular complexity index is 4960. The van der Waals surface area contributed by atoms with Crippen LogP contribution in [0.1, 0.15) is 202 Å². The maximum Gasteiger partial charge on any atom is 0.407 e. The number of ether oxygens (including phenoxy) is 1. The molecule has 1 aromatic heterocycles. The van der Waals surface area contributed by atoms with E-state index in [1.54, 1.807) is 73.2 Å². The van der Waals surface area contributed by atoms with Gasteiger partial charge in [-0.05, 0) is 214 Å². The van der Waals surface area contributed by atoms with Crippen LogP contribution >= 0.6 is 21.6 Å². The molecule has 5 heterocycles. The lowest BCUT2D eigenvalue weighted by atomic mass is 9.47. The molecular weight excluding hydrogens is 1700 g/mol. The Morgan fingerprint density at radius 1 is 0.695 bits per heavy atom. The number of aliphatic hydroxyl groups is 1. The SMILES string of the molecule is CC(C)CCCC(C)C1CCC2C3CC=C4CC(OC(=O)NCCCCC5NC(=O)C(CC6=CNC7C=CC=CC67)NC(=O)C(Cc6ccc(O)cc6)NC(=O)C(NC(=O)C(CNC(=O)C6CCCN6C(=O)C6CCCN6C(=O)c6ccc[n+](C)c6)Cc6ccc7ccccc7c6)CSSCC(C(=O)NC(C(N)=O)C(C)O)NC(=O)C(C(C)C)NC5=O)CCC4(C)C3CCC12C.[2HH].[2HH]. The van der Waals surface area contributed by atoms with E-state index >= 15 is 28.8 Å². The molecule has 14 N–H and O–H groups in total. The molecule has 21 atom stereocenters. The number of hydrogen-bond donors (Lipinski definition) is 13. The number of alkyl carbamates (subject to hydrolysis) is 1. The quantitative estimate of drug-likeness (QED) is 0.0104. The summed E-state index contributed by atoms with van der Waals surface area (Å²) in [5.41, 5.74) is 9.77. The summed E-state index contributed by atoms with van der Waals surface area (Å²) < 4.78 is 7.97. The Hall–Kier alpha value is -10.3. The van der Waals surface area contributed by atoms with E-state index in [4.69, 9.17) is 10.5 Å². The Morgan fingerprint density at radius 2 is 1.40 bits per heavy atom. The minimum absolute atomic E-state index is 0. The van der Waals surface area contributed by atoms with Crippen molar-refractivity contribution in [2.24, 2.45) is 76.9 Å². The van der Waals surface area contributed by atoms with Gasteiger partial charge in [0.05, 0.1) is 18.1 Å². The van der Waals surface area contributed by atoms with Crippen molar-refractivity contribution in [3.8, 4) is 5.75 Å². The molecule has 131 heavy (non-hydrogen) atoms. The van der Waals surface area contributed by atoms with Crippen LogP contribution in [0.2, 0.25) is 0 Å². The van der Waals surface area contributed by atoms with Crippen molar-refractivity contribution in [1.29, 1.82) is 0 Å². The average Bonchev–Trinajstić information content (AvgIpc) is 1.66. The minimum atomic E-state index is -1.64. The summed E-state index contributed by atoms with van der Waals surface area (Å²) in [5, 5.41) is 52.1. The zero-order valence-corrected chi connectivity index (χ0v) is 78.9. The zero-order valence-electron chi connectivity index (χ0n) is 77.3. The number of likely N-dealkylation sites (tertiary alicyclic amines) is 2. The van der Waals surface area contributed by atoms with E-state index in [1.807, 2.05) is 66.8 Å². The van der Waals surface area contributed by atoms with Crippen molar-refractivity contribution in [1.82, 2.24) is 63.0 Å². The van der Waals surface area contributed by atoms with Crippen molar-refractivity contribution >= 4 is 103 Å². The number of nitrogens with zero attached hydrogens (tertiary/aromatic N) is 3. The molecule has 31 heteroatoms. The molecule has 9 aliphatic rings. The molecule has 6 fully saturated rings. The number of carbonyl (C=O) groups is 12. The highest BCUT2D eigenvalue weighted by Crippen LogP contribution is 2.67. The molecule has 0 spiro atoms. The molecule has 712 valence electrons. The van der Waals surface area contributed by atoms with Crippen molar-refractivity contribution < 1.29 is 79.9 Å². The summed E-state index contributed by atoms with van der Waals surface area (Å²) in [6.45, 7) is 17.2. The first-order valence-corrected chi connectivity index (χ1v) is 50.1. The Morgan fingerprint density at radius 3 is 2.14 bits per heavy atom. The standard InChI is InChI=1S/C100H136N14O15S2.2H2/c1-58(2)20-16-21-60(5)74-38-39-75-73-37-34-69-52-71(40-42-99(69,7)76(73)41-43-100(74,75)8)129-98(128)102-44-15-14-27-78-89(119)110-85(59(3)4)95(125)109-82(93(123)111-86(61(6)115)87(101)117)57-131-130-56-81(92(122)106-79(50-62-31-35-70(116)36-32-62)90(120)107-80(91(121)105-78)51-67-53-103-77-26-13-12-25-72(67)77)108-88(118)68(49-63-30-33-64-22-10-11-23-65(64)48-63)54-104-94(124)83-28-18-46-113(83)97(127)84-29-19-47-114(84)96(126)66-24-17-45-112(9)55-66;;/h10-13,17,22-26,30-36,45,48,53,55,58-61,68,71-86,103,115H,14-16,18-21,27-29,37-44,46-47,49-52,54,56-57H2,1-9H3,(H11-,101,102,104,105,106,107,108,109,110,111,116,117,118,119,120,121,122,123,124,125,128);2*1H/p+1/i;2*1+1. The number of carbonyl (C=O) groups excluding carboxylic acids is 12. The number of aliphatic hydroxyl groups excluding tert-OH is 1. The van der Waals surface area contributed by atoms with Crippen LogP contribution in [-0.2, 0) is 72.6 Å². The molecule has 4 aromatic rings. The van der Waals surface area contributed by atoms with Crippen molar-refractivity contribution in [2.45, 2.75) is 263 Å². The number of aryl methyl sites for hydroxylation is 1. The number of fused-ring (bicyclic) bond motifs is 7. The second-order valence-electron chi connectivity index (χ2n) is 39.4. The highest BCUT2D eigenvalue weighted by molar-refractivity contribution is 8.76. The number of nitrogens with one attached hydrogen (secondary N) is 10. The largest absolute Gasteiger partial charge is 0.508 e. The predicted molar refractivity (Wildman–Crippen MR) is 507 cm³/mol. The number of rotatable bonds is 29. The number of nitrogens with two attached hydrogens (primary N) is 1. The number of aromatic hydroxyl groups is 1. The number of pyridine rings is 1. The van der Waals surface area contributed by atoms with Crippen molar-refractivity contribution in [2.75, 3.05) is 37.7 Å². The molecule has 12 amide bonds. The van der Waals surface area contributed by atoms with Crippen LogP contribution < -0.4 is 63.5 Å². The summed E-state index contributed by atoms with van der Waals surface area (Å²) in [6.07, 6.45) is 27.3. The van der Waals surface area contributed by atoms with Crippen LogP contribution in [-0.4, -0.2) is 201 Å². The van der Waals surface area contributed by atoms with E-state index in [-0.39, 0.29) is 107 Å². The second kappa shape index (κ2) is 44.5. The maximum atomic E-state index is 15.8. The topological polar surface area (TPSA) is 411 Å². The maximum absolute atomic E-state index is 15.8. The summed E-state index contributed by atoms with van der Waals surface area (Å²) in [4.78, 5) is 181. The highest BCUT2D eigenvalue weighted by atomic mass is 33.1. The van der Waals surface area contributed by atoms with E-state index in [0.717, 1.165) is 69.4 Å². The first-order chi connectivity index (χ1) is 62.7. The minimum Gasteiger partial charge on any atom is -0.508 e. The van der Waals surface area contributed by atoms with Gasteiger partial charge in [-0.1, -0.05) is 180 Å². The Balaban J connectivity index is 0.00000852. The molecular formula is C100H141N14O15S2+. The van der Waals surface area contributed by atoms with Gasteiger partial charge in [0.2, 0.25) is 59.1 Å². The molecule has 21 unspecified atom stereocenters. The Labute approximate surface area is 780 Å². The van der Waals surface area contributed by atoms with E-state index in [9.17, 15) is 39.0 Å². The van der Waals surface area contributed by atoms with Gasteiger partial charge in [-0.15, -0.1) is 0 Å². The molecule has 3 aromatic carbocycles. The van der Waals surface area contributed by atoms with Crippen LogP contribution in [0, 0.1) is 64.1 Å². The number of unbranched alkanes of at least 4 members (excludes halogenated alkanes) is 1. The van der Waals surface area contributed by atoms with Gasteiger partial charge < -0.3 is 83.7 Å². The van der Waals surface area contributed by atoms with Gasteiger partial charge in [-0.25, -0.2) is 9.36 Å².